The Morgan fingerprint density at radius 1 is 1.29 bits per heavy atom. The third-order valence-corrected chi connectivity index (χ3v) is 6.94. The predicted octanol–water partition coefficient (Wildman–Crippen LogP) is 2.31. The molecule has 1 unspecified atom stereocenters. The van der Waals surface area contributed by atoms with E-state index in [4.69, 9.17) is 0 Å². The lowest BCUT2D eigenvalue weighted by atomic mass is 9.81. The fourth-order valence-electron chi connectivity index (χ4n) is 5.30. The van der Waals surface area contributed by atoms with Crippen molar-refractivity contribution in [1.82, 2.24) is 20.1 Å². The van der Waals surface area contributed by atoms with Gasteiger partial charge in [-0.3, -0.25) is 14.6 Å². The van der Waals surface area contributed by atoms with Crippen LogP contribution in [0.1, 0.15) is 63.0 Å². The molecule has 1 N–H and O–H groups in total. The van der Waals surface area contributed by atoms with E-state index >= 15 is 0 Å². The van der Waals surface area contributed by atoms with Crippen LogP contribution in [0.5, 0.6) is 0 Å². The van der Waals surface area contributed by atoms with Crippen LogP contribution in [0.15, 0.2) is 24.4 Å². The number of pyridine rings is 1. The van der Waals surface area contributed by atoms with Gasteiger partial charge in [0.05, 0.1) is 5.54 Å². The number of hydrogen-bond donors (Lipinski definition) is 1. The molecule has 152 valence electrons. The number of rotatable bonds is 3. The molecule has 4 rings (SSSR count). The van der Waals surface area contributed by atoms with Crippen molar-refractivity contribution < 1.29 is 9.59 Å². The number of hydrogen-bond acceptors (Lipinski definition) is 4. The van der Waals surface area contributed by atoms with Crippen LogP contribution in [-0.4, -0.2) is 64.9 Å². The molecule has 0 radical (unpaired) electrons. The highest BCUT2D eigenvalue weighted by molar-refractivity contribution is 5.80. The highest BCUT2D eigenvalue weighted by Crippen LogP contribution is 2.40. The van der Waals surface area contributed by atoms with Crippen molar-refractivity contribution in [2.45, 2.75) is 68.9 Å². The second-order valence-electron chi connectivity index (χ2n) is 8.83. The zero-order valence-corrected chi connectivity index (χ0v) is 16.9. The first kappa shape index (κ1) is 19.4. The lowest BCUT2D eigenvalue weighted by Gasteiger charge is -2.34. The second kappa shape index (κ2) is 8.19. The van der Waals surface area contributed by atoms with Gasteiger partial charge in [0.25, 0.3) is 0 Å². The monoisotopic (exact) mass is 384 g/mol. The average molecular weight is 385 g/mol. The molecule has 1 aromatic rings. The van der Waals surface area contributed by atoms with Crippen molar-refractivity contribution in [3.8, 4) is 0 Å². The smallest absolute Gasteiger partial charge is 0.224 e. The summed E-state index contributed by atoms with van der Waals surface area (Å²) in [5.41, 5.74) is 0.602. The minimum Gasteiger partial charge on any atom is -0.348 e. The first-order valence-electron chi connectivity index (χ1n) is 10.8. The van der Waals surface area contributed by atoms with E-state index in [0.717, 1.165) is 37.9 Å². The first-order valence-corrected chi connectivity index (χ1v) is 10.8. The van der Waals surface area contributed by atoms with Gasteiger partial charge < -0.3 is 15.1 Å². The molecule has 4 heterocycles. The van der Waals surface area contributed by atoms with Gasteiger partial charge in [0.15, 0.2) is 0 Å². The Hall–Kier alpha value is -1.95. The van der Waals surface area contributed by atoms with Crippen LogP contribution in [0.25, 0.3) is 0 Å². The number of amides is 2. The molecule has 3 aliphatic heterocycles. The summed E-state index contributed by atoms with van der Waals surface area (Å²) in [4.78, 5) is 34.5. The number of piperidine rings is 1. The Labute approximate surface area is 167 Å². The van der Waals surface area contributed by atoms with Crippen molar-refractivity contribution in [2.24, 2.45) is 0 Å². The van der Waals surface area contributed by atoms with Crippen molar-refractivity contribution >= 4 is 11.8 Å². The van der Waals surface area contributed by atoms with Gasteiger partial charge >= 0.3 is 0 Å². The number of aromatic nitrogens is 1. The zero-order chi connectivity index (χ0) is 19.6. The molecule has 6 heteroatoms. The van der Waals surface area contributed by atoms with E-state index in [9.17, 15) is 9.59 Å². The summed E-state index contributed by atoms with van der Waals surface area (Å²) >= 11 is 0. The van der Waals surface area contributed by atoms with Crippen LogP contribution in [0.4, 0.5) is 0 Å². The largest absolute Gasteiger partial charge is 0.348 e. The maximum absolute atomic E-state index is 13.2. The van der Waals surface area contributed by atoms with Crippen LogP contribution in [0, 0.1) is 0 Å². The van der Waals surface area contributed by atoms with Crippen LogP contribution in [-0.2, 0) is 9.59 Å². The van der Waals surface area contributed by atoms with Crippen LogP contribution in [0.3, 0.4) is 0 Å². The molecular weight excluding hydrogens is 352 g/mol. The SMILES string of the molecule is CN1CCCCC1CC(=O)N1C[C@@H](c2ccccn2)[C@@]2(CCCCC(=O)N2)C1. The fourth-order valence-corrected chi connectivity index (χ4v) is 5.30. The summed E-state index contributed by atoms with van der Waals surface area (Å²) < 4.78 is 0. The summed E-state index contributed by atoms with van der Waals surface area (Å²) in [5, 5.41) is 3.32. The lowest BCUT2D eigenvalue weighted by Crippen LogP contribution is -2.53. The molecule has 0 saturated carbocycles. The summed E-state index contributed by atoms with van der Waals surface area (Å²) in [6.45, 7) is 2.33. The minimum absolute atomic E-state index is 0.0591. The number of nitrogens with one attached hydrogen (secondary N) is 1. The molecule has 0 aromatic carbocycles. The van der Waals surface area contributed by atoms with Crippen LogP contribution < -0.4 is 5.32 Å². The molecule has 1 aromatic heterocycles. The quantitative estimate of drug-likeness (QED) is 0.869. The summed E-state index contributed by atoms with van der Waals surface area (Å²) in [6, 6.07) is 6.29. The summed E-state index contributed by atoms with van der Waals surface area (Å²) in [5.74, 6) is 0.388. The molecule has 2 amide bonds. The van der Waals surface area contributed by atoms with Gasteiger partial charge in [-0.05, 0) is 51.4 Å². The number of nitrogens with zero attached hydrogens (tertiary/aromatic N) is 3. The maximum Gasteiger partial charge on any atom is 0.224 e. The predicted molar refractivity (Wildman–Crippen MR) is 108 cm³/mol. The van der Waals surface area contributed by atoms with Crippen molar-refractivity contribution in [1.29, 1.82) is 0 Å². The van der Waals surface area contributed by atoms with Gasteiger partial charge in [-0.25, -0.2) is 0 Å². The third kappa shape index (κ3) is 3.93. The van der Waals surface area contributed by atoms with E-state index in [2.05, 4.69) is 22.2 Å². The normalized spacial score (nSPS) is 31.6. The fraction of sp³-hybridized carbons (Fsp3) is 0.682. The van der Waals surface area contributed by atoms with E-state index in [1.807, 2.05) is 29.3 Å². The third-order valence-electron chi connectivity index (χ3n) is 6.94. The molecule has 0 aliphatic carbocycles. The van der Waals surface area contributed by atoms with Gasteiger partial charge in [-0.2, -0.15) is 0 Å². The number of likely N-dealkylation sites (tertiary alicyclic amines) is 2. The first-order chi connectivity index (χ1) is 13.6. The minimum atomic E-state index is -0.379. The highest BCUT2D eigenvalue weighted by atomic mass is 16.2. The van der Waals surface area contributed by atoms with E-state index < -0.39 is 0 Å². The molecule has 1 spiro atoms. The van der Waals surface area contributed by atoms with E-state index in [-0.39, 0.29) is 23.3 Å². The highest BCUT2D eigenvalue weighted by Gasteiger charge is 2.50. The van der Waals surface area contributed by atoms with E-state index in [1.165, 1.54) is 12.8 Å². The molecule has 0 bridgehead atoms. The molecule has 3 atom stereocenters. The van der Waals surface area contributed by atoms with Crippen molar-refractivity contribution in [3.05, 3.63) is 30.1 Å². The second-order valence-corrected chi connectivity index (χ2v) is 8.83. The standard InChI is InChI=1S/C22H32N4O2/c1-25-13-7-4-8-17(25)14-21(28)26-15-18(19-9-3-6-12-23-19)22(16-26)11-5-2-10-20(27)24-22/h3,6,9,12,17-18H,2,4-5,7-8,10-11,13-16H2,1H3,(H,24,27)/t17?,18-,22+/m0/s1. The van der Waals surface area contributed by atoms with Crippen molar-refractivity contribution in [2.75, 3.05) is 26.7 Å². The lowest BCUT2D eigenvalue weighted by molar-refractivity contribution is -0.132. The van der Waals surface area contributed by atoms with Gasteiger partial charge in [-0.1, -0.05) is 18.9 Å². The topological polar surface area (TPSA) is 65.5 Å². The van der Waals surface area contributed by atoms with Crippen molar-refractivity contribution in [3.63, 3.8) is 0 Å². The summed E-state index contributed by atoms with van der Waals surface area (Å²) in [6.07, 6.45) is 9.34. The van der Waals surface area contributed by atoms with Crippen LogP contribution >= 0.6 is 0 Å². The van der Waals surface area contributed by atoms with Gasteiger partial charge in [0.1, 0.15) is 0 Å². The Bertz CT molecular complexity index is 710. The number of carbonyl (C=O) groups excluding carboxylic acids is 2. The summed E-state index contributed by atoms with van der Waals surface area (Å²) in [7, 11) is 2.13. The van der Waals surface area contributed by atoms with Crippen LogP contribution in [0.2, 0.25) is 0 Å². The molecule has 6 nitrogen and oxygen atoms in total. The van der Waals surface area contributed by atoms with Gasteiger partial charge in [0, 0.05) is 49.8 Å². The molecule has 3 saturated heterocycles. The number of carbonyl (C=O) groups is 2. The Kier molecular flexibility index (Phi) is 5.67. The molecule has 3 fully saturated rings. The van der Waals surface area contributed by atoms with E-state index in [1.54, 1.807) is 0 Å². The Morgan fingerprint density at radius 3 is 2.96 bits per heavy atom. The maximum atomic E-state index is 13.2. The Balaban J connectivity index is 1.55. The van der Waals surface area contributed by atoms with E-state index in [0.29, 0.717) is 32.0 Å². The van der Waals surface area contributed by atoms with Gasteiger partial charge in [0.2, 0.25) is 11.8 Å². The molecule has 3 aliphatic rings. The molecule has 28 heavy (non-hydrogen) atoms. The Morgan fingerprint density at radius 2 is 2.18 bits per heavy atom. The molecular formula is C22H32N4O2. The average Bonchev–Trinajstić information content (AvgIpc) is 2.96. The van der Waals surface area contributed by atoms with Gasteiger partial charge in [-0.15, -0.1) is 0 Å². The zero-order valence-electron chi connectivity index (χ0n) is 16.9.